The molecule has 102 valence electrons. The van der Waals surface area contributed by atoms with Crippen LogP contribution in [0.25, 0.3) is 0 Å². The molecule has 0 bridgehead atoms. The number of pyridine rings is 1. The van der Waals surface area contributed by atoms with E-state index in [0.29, 0.717) is 4.47 Å². The van der Waals surface area contributed by atoms with Gasteiger partial charge in [0.05, 0.1) is 9.40 Å². The zero-order valence-electron chi connectivity index (χ0n) is 9.92. The fraction of sp³-hybridized carbons (Fsp3) is 0. The van der Waals surface area contributed by atoms with Gasteiger partial charge in [0.1, 0.15) is 5.56 Å². The van der Waals surface area contributed by atoms with Crippen molar-refractivity contribution in [1.29, 1.82) is 0 Å². The summed E-state index contributed by atoms with van der Waals surface area (Å²) in [5, 5.41) is 13.2. The van der Waals surface area contributed by atoms with Crippen molar-refractivity contribution in [1.82, 2.24) is 4.98 Å². The molecule has 7 nitrogen and oxygen atoms in total. The fourth-order valence-corrected chi connectivity index (χ4v) is 1.91. The average molecular weight is 338 g/mol. The lowest BCUT2D eigenvalue weighted by Crippen LogP contribution is -2.20. The highest BCUT2D eigenvalue weighted by molar-refractivity contribution is 9.10. The highest BCUT2D eigenvalue weighted by Crippen LogP contribution is 2.27. The molecule has 0 saturated heterocycles. The molecule has 0 saturated carbocycles. The van der Waals surface area contributed by atoms with Crippen molar-refractivity contribution in [3.05, 3.63) is 67.0 Å². The van der Waals surface area contributed by atoms with Gasteiger partial charge < -0.3 is 10.3 Å². The summed E-state index contributed by atoms with van der Waals surface area (Å²) >= 11 is 3.04. The monoisotopic (exact) mass is 337 g/mol. The third kappa shape index (κ3) is 2.91. The number of nitrogens with zero attached hydrogens (tertiary/aromatic N) is 1. The maximum absolute atomic E-state index is 11.9. The van der Waals surface area contributed by atoms with Crippen molar-refractivity contribution >= 4 is 33.2 Å². The number of aromatic amines is 1. The van der Waals surface area contributed by atoms with Gasteiger partial charge in [0.2, 0.25) is 0 Å². The van der Waals surface area contributed by atoms with Crippen LogP contribution in [0.4, 0.5) is 11.4 Å². The molecule has 0 aliphatic heterocycles. The number of nitro benzene ring substituents is 1. The molecule has 0 aliphatic rings. The number of nitrogens with one attached hydrogen (secondary N) is 2. The van der Waals surface area contributed by atoms with Gasteiger partial charge in [-0.25, -0.2) is 0 Å². The second-order valence-corrected chi connectivity index (χ2v) is 4.65. The second-order valence-electron chi connectivity index (χ2n) is 3.80. The van der Waals surface area contributed by atoms with Crippen molar-refractivity contribution in [2.24, 2.45) is 0 Å². The van der Waals surface area contributed by atoms with Crippen LogP contribution in [-0.4, -0.2) is 15.8 Å². The quantitative estimate of drug-likeness (QED) is 0.662. The van der Waals surface area contributed by atoms with Gasteiger partial charge >= 0.3 is 0 Å². The molecule has 8 heteroatoms. The Morgan fingerprint density at radius 2 is 2.10 bits per heavy atom. The van der Waals surface area contributed by atoms with E-state index in [1.54, 1.807) is 0 Å². The molecule has 1 heterocycles. The number of aromatic nitrogens is 1. The molecule has 1 amide bonds. The van der Waals surface area contributed by atoms with Crippen LogP contribution in [-0.2, 0) is 0 Å². The van der Waals surface area contributed by atoms with E-state index in [9.17, 15) is 19.7 Å². The van der Waals surface area contributed by atoms with Gasteiger partial charge in [-0.15, -0.1) is 0 Å². The molecule has 2 aromatic rings. The van der Waals surface area contributed by atoms with Crippen LogP contribution in [0, 0.1) is 10.1 Å². The van der Waals surface area contributed by atoms with Crippen LogP contribution < -0.4 is 10.7 Å². The average Bonchev–Trinajstić information content (AvgIpc) is 2.41. The van der Waals surface area contributed by atoms with Gasteiger partial charge in [0.25, 0.3) is 11.6 Å². The Kier molecular flexibility index (Phi) is 3.94. The second kappa shape index (κ2) is 5.66. The van der Waals surface area contributed by atoms with E-state index in [0.717, 1.165) is 0 Å². The maximum atomic E-state index is 11.9. The first kappa shape index (κ1) is 13.9. The highest BCUT2D eigenvalue weighted by atomic mass is 79.9. The van der Waals surface area contributed by atoms with Crippen LogP contribution in [0.2, 0.25) is 0 Å². The summed E-state index contributed by atoms with van der Waals surface area (Å²) < 4.78 is 0.304. The molecule has 2 N–H and O–H groups in total. The summed E-state index contributed by atoms with van der Waals surface area (Å²) in [5.41, 5.74) is -0.455. The molecule has 0 unspecified atom stereocenters. The summed E-state index contributed by atoms with van der Waals surface area (Å²) in [4.78, 5) is 36.2. The SMILES string of the molecule is O=C(Nc1ccc(Br)c([N+](=O)[O-])c1)c1c[nH]ccc1=O. The molecule has 1 aromatic carbocycles. The van der Waals surface area contributed by atoms with Crippen molar-refractivity contribution in [3.8, 4) is 0 Å². The summed E-state index contributed by atoms with van der Waals surface area (Å²) in [5.74, 6) is -0.636. The minimum absolute atomic E-state index is 0.0712. The zero-order valence-corrected chi connectivity index (χ0v) is 11.5. The Morgan fingerprint density at radius 1 is 1.35 bits per heavy atom. The fourth-order valence-electron chi connectivity index (χ4n) is 1.52. The van der Waals surface area contributed by atoms with Gasteiger partial charge in [-0.05, 0) is 28.1 Å². The van der Waals surface area contributed by atoms with Crippen molar-refractivity contribution in [2.45, 2.75) is 0 Å². The molecule has 0 radical (unpaired) electrons. The van der Waals surface area contributed by atoms with Crippen molar-refractivity contribution in [3.63, 3.8) is 0 Å². The lowest BCUT2D eigenvalue weighted by Gasteiger charge is -2.05. The van der Waals surface area contributed by atoms with Crippen LogP contribution in [0.15, 0.2) is 45.9 Å². The number of amides is 1. The number of benzene rings is 1. The standard InChI is InChI=1S/C12H8BrN3O4/c13-9-2-1-7(5-10(9)16(19)20)15-12(18)8-6-14-4-3-11(8)17/h1-6H,(H,14,17)(H,15,18). The van der Waals surface area contributed by atoms with Crippen LogP contribution in [0.3, 0.4) is 0 Å². The summed E-state index contributed by atoms with van der Waals surface area (Å²) in [6.45, 7) is 0. The highest BCUT2D eigenvalue weighted by Gasteiger charge is 2.15. The largest absolute Gasteiger partial charge is 0.367 e. The Hall–Kier alpha value is -2.48. The Morgan fingerprint density at radius 3 is 2.75 bits per heavy atom. The van der Waals surface area contributed by atoms with E-state index < -0.39 is 16.3 Å². The number of nitro groups is 1. The third-order valence-corrected chi connectivity index (χ3v) is 3.14. The molecule has 0 spiro atoms. The van der Waals surface area contributed by atoms with Crippen LogP contribution >= 0.6 is 15.9 Å². The molecule has 0 fully saturated rings. The van der Waals surface area contributed by atoms with Crippen molar-refractivity contribution < 1.29 is 9.72 Å². The first-order valence-electron chi connectivity index (χ1n) is 5.41. The van der Waals surface area contributed by atoms with Gasteiger partial charge in [-0.3, -0.25) is 19.7 Å². The normalized spacial score (nSPS) is 10.1. The number of hydrogen-bond acceptors (Lipinski definition) is 4. The number of H-pyrrole nitrogens is 1. The van der Waals surface area contributed by atoms with Gasteiger partial charge in [-0.1, -0.05) is 0 Å². The van der Waals surface area contributed by atoms with Crippen LogP contribution in [0.5, 0.6) is 0 Å². The number of anilines is 1. The summed E-state index contributed by atoms with van der Waals surface area (Å²) in [7, 11) is 0. The zero-order chi connectivity index (χ0) is 14.7. The lowest BCUT2D eigenvalue weighted by molar-refractivity contribution is -0.385. The first-order chi connectivity index (χ1) is 9.49. The minimum atomic E-state index is -0.636. The molecule has 1 aromatic heterocycles. The number of rotatable bonds is 3. The molecule has 20 heavy (non-hydrogen) atoms. The lowest BCUT2D eigenvalue weighted by atomic mass is 10.2. The maximum Gasteiger partial charge on any atom is 0.285 e. The van der Waals surface area contributed by atoms with E-state index >= 15 is 0 Å². The molecule has 0 atom stereocenters. The number of halogens is 1. The number of hydrogen-bond donors (Lipinski definition) is 2. The Bertz CT molecular complexity index is 741. The van der Waals surface area contributed by atoms with E-state index in [4.69, 9.17) is 0 Å². The first-order valence-corrected chi connectivity index (χ1v) is 6.21. The van der Waals surface area contributed by atoms with Gasteiger partial charge in [-0.2, -0.15) is 0 Å². The Balaban J connectivity index is 2.29. The van der Waals surface area contributed by atoms with E-state index in [2.05, 4.69) is 26.2 Å². The van der Waals surface area contributed by atoms with E-state index in [1.165, 1.54) is 36.7 Å². The predicted octanol–water partition coefficient (Wildman–Crippen LogP) is 2.30. The van der Waals surface area contributed by atoms with E-state index in [1.807, 2.05) is 0 Å². The van der Waals surface area contributed by atoms with Crippen molar-refractivity contribution in [2.75, 3.05) is 5.32 Å². The van der Waals surface area contributed by atoms with Gasteiger partial charge in [0, 0.05) is 30.2 Å². The minimum Gasteiger partial charge on any atom is -0.367 e. The molecule has 2 rings (SSSR count). The predicted molar refractivity (Wildman–Crippen MR) is 75.8 cm³/mol. The number of carbonyl (C=O) groups excluding carboxylic acids is 1. The van der Waals surface area contributed by atoms with Gasteiger partial charge in [0.15, 0.2) is 5.43 Å². The van der Waals surface area contributed by atoms with Crippen LogP contribution in [0.1, 0.15) is 10.4 Å². The molecule has 0 aliphatic carbocycles. The smallest absolute Gasteiger partial charge is 0.285 e. The molecular formula is C12H8BrN3O4. The molecular weight excluding hydrogens is 330 g/mol. The summed E-state index contributed by atoms with van der Waals surface area (Å²) in [6.07, 6.45) is 2.68. The Labute approximate surface area is 120 Å². The topological polar surface area (TPSA) is 105 Å². The third-order valence-electron chi connectivity index (χ3n) is 2.47. The van der Waals surface area contributed by atoms with E-state index in [-0.39, 0.29) is 16.9 Å². The summed E-state index contributed by atoms with van der Waals surface area (Å²) in [6, 6.07) is 5.37. The number of carbonyl (C=O) groups is 1.